The summed E-state index contributed by atoms with van der Waals surface area (Å²) in [7, 11) is -4.08. The van der Waals surface area contributed by atoms with Crippen LogP contribution in [0, 0.1) is 12.8 Å². The summed E-state index contributed by atoms with van der Waals surface area (Å²) in [5.74, 6) is -0.534. The molecule has 38 heavy (non-hydrogen) atoms. The average molecular weight is 601 g/mol. The van der Waals surface area contributed by atoms with Gasteiger partial charge in [-0.3, -0.25) is 13.9 Å². The summed E-state index contributed by atoms with van der Waals surface area (Å²) >= 11 is 3.40. The van der Waals surface area contributed by atoms with Crippen LogP contribution in [0.3, 0.4) is 0 Å². The van der Waals surface area contributed by atoms with Gasteiger partial charge in [-0.1, -0.05) is 83.9 Å². The van der Waals surface area contributed by atoms with Crippen LogP contribution in [0.2, 0.25) is 0 Å². The molecule has 0 heterocycles. The van der Waals surface area contributed by atoms with Gasteiger partial charge in [-0.25, -0.2) is 8.42 Å². The lowest BCUT2D eigenvalue weighted by Crippen LogP contribution is -2.51. The number of benzene rings is 3. The van der Waals surface area contributed by atoms with Gasteiger partial charge in [-0.05, 0) is 55.7 Å². The van der Waals surface area contributed by atoms with Crippen molar-refractivity contribution >= 4 is 43.5 Å². The third kappa shape index (κ3) is 7.68. The minimum atomic E-state index is -4.08. The van der Waals surface area contributed by atoms with Gasteiger partial charge in [-0.15, -0.1) is 0 Å². The predicted octanol–water partition coefficient (Wildman–Crippen LogP) is 5.14. The minimum absolute atomic E-state index is 0.0701. The highest BCUT2D eigenvalue weighted by Gasteiger charge is 2.32. The van der Waals surface area contributed by atoms with Crippen LogP contribution in [0.5, 0.6) is 0 Å². The molecule has 0 saturated carbocycles. The first-order valence-corrected chi connectivity index (χ1v) is 14.7. The van der Waals surface area contributed by atoms with E-state index in [0.29, 0.717) is 16.7 Å². The van der Waals surface area contributed by atoms with Crippen molar-refractivity contribution in [3.63, 3.8) is 0 Å². The Morgan fingerprint density at radius 1 is 0.921 bits per heavy atom. The number of hydrogen-bond donors (Lipinski definition) is 1. The summed E-state index contributed by atoms with van der Waals surface area (Å²) in [6.07, 6.45) is 0. The second kappa shape index (κ2) is 13.1. The van der Waals surface area contributed by atoms with E-state index in [9.17, 15) is 18.0 Å². The maximum absolute atomic E-state index is 13.9. The fourth-order valence-electron chi connectivity index (χ4n) is 3.92. The molecular weight excluding hydrogens is 566 g/mol. The Balaban J connectivity index is 2.00. The van der Waals surface area contributed by atoms with Crippen molar-refractivity contribution in [3.05, 3.63) is 94.5 Å². The Morgan fingerprint density at radius 3 is 2.24 bits per heavy atom. The summed E-state index contributed by atoms with van der Waals surface area (Å²) in [5.41, 5.74) is 2.21. The number of sulfonamides is 1. The molecule has 0 fully saturated rings. The topological polar surface area (TPSA) is 86.8 Å². The number of carbonyl (C=O) groups is 2. The van der Waals surface area contributed by atoms with Crippen LogP contribution in [0.15, 0.2) is 88.2 Å². The van der Waals surface area contributed by atoms with Gasteiger partial charge in [0.1, 0.15) is 12.6 Å². The Kier molecular flexibility index (Phi) is 10.1. The number of nitrogens with one attached hydrogen (secondary N) is 1. The van der Waals surface area contributed by atoms with Gasteiger partial charge < -0.3 is 10.2 Å². The summed E-state index contributed by atoms with van der Waals surface area (Å²) in [6, 6.07) is 21.7. The van der Waals surface area contributed by atoms with E-state index in [1.807, 2.05) is 45.0 Å². The van der Waals surface area contributed by atoms with Crippen LogP contribution >= 0.6 is 15.9 Å². The second-order valence-corrected chi connectivity index (χ2v) is 12.4. The molecule has 0 spiro atoms. The quantitative estimate of drug-likeness (QED) is 0.330. The number of amides is 2. The third-order valence-corrected chi connectivity index (χ3v) is 8.27. The highest BCUT2D eigenvalue weighted by molar-refractivity contribution is 9.10. The van der Waals surface area contributed by atoms with Gasteiger partial charge in [-0.2, -0.15) is 0 Å². The van der Waals surface area contributed by atoms with Crippen molar-refractivity contribution in [1.29, 1.82) is 0 Å². The molecule has 3 rings (SSSR count). The van der Waals surface area contributed by atoms with E-state index in [1.165, 1.54) is 17.0 Å². The normalized spacial score (nSPS) is 12.2. The summed E-state index contributed by atoms with van der Waals surface area (Å²) in [5, 5.41) is 2.89. The van der Waals surface area contributed by atoms with E-state index in [4.69, 9.17) is 0 Å². The standard InChI is InChI=1S/C29H34BrN3O4S/c1-21(2)18-31-29(35)23(4)32(19-24-11-8-10-22(3)16-24)28(34)20-33(26-13-9-12-25(30)17-26)38(36,37)27-14-6-5-7-15-27/h5-17,21,23H,18-20H2,1-4H3,(H,31,35)/t23-/m0/s1. The van der Waals surface area contributed by atoms with Gasteiger partial charge in [0.05, 0.1) is 10.6 Å². The average Bonchev–Trinajstić information content (AvgIpc) is 2.88. The first-order valence-electron chi connectivity index (χ1n) is 12.4. The van der Waals surface area contributed by atoms with Crippen LogP contribution in [0.1, 0.15) is 31.9 Å². The Hall–Kier alpha value is -3.17. The number of halogens is 1. The number of nitrogens with zero attached hydrogens (tertiary/aromatic N) is 2. The van der Waals surface area contributed by atoms with Crippen LogP contribution in [-0.2, 0) is 26.2 Å². The molecule has 3 aromatic carbocycles. The van der Waals surface area contributed by atoms with Crippen molar-refractivity contribution in [2.75, 3.05) is 17.4 Å². The molecule has 1 N–H and O–H groups in total. The minimum Gasteiger partial charge on any atom is -0.354 e. The maximum atomic E-state index is 13.9. The predicted molar refractivity (Wildman–Crippen MR) is 154 cm³/mol. The number of hydrogen-bond acceptors (Lipinski definition) is 4. The van der Waals surface area contributed by atoms with E-state index in [-0.39, 0.29) is 23.3 Å². The lowest BCUT2D eigenvalue weighted by Gasteiger charge is -2.32. The molecule has 0 unspecified atom stereocenters. The van der Waals surface area contributed by atoms with Crippen molar-refractivity contribution in [1.82, 2.24) is 10.2 Å². The highest BCUT2D eigenvalue weighted by atomic mass is 79.9. The van der Waals surface area contributed by atoms with Crippen LogP contribution in [-0.4, -0.2) is 44.3 Å². The van der Waals surface area contributed by atoms with Crippen LogP contribution in [0.4, 0.5) is 5.69 Å². The molecule has 202 valence electrons. The molecule has 0 aliphatic carbocycles. The molecule has 7 nitrogen and oxygen atoms in total. The SMILES string of the molecule is Cc1cccc(CN(C(=O)CN(c2cccc(Br)c2)S(=O)(=O)c2ccccc2)[C@@H](C)C(=O)NCC(C)C)c1. The van der Waals surface area contributed by atoms with Crippen LogP contribution < -0.4 is 9.62 Å². The van der Waals surface area contributed by atoms with E-state index in [0.717, 1.165) is 15.4 Å². The molecule has 3 aromatic rings. The lowest BCUT2D eigenvalue weighted by atomic mass is 10.1. The molecular formula is C29H34BrN3O4S. The molecule has 1 atom stereocenters. The number of aryl methyl sites for hydroxylation is 1. The van der Waals surface area contributed by atoms with Crippen LogP contribution in [0.25, 0.3) is 0 Å². The number of anilines is 1. The zero-order valence-corrected chi connectivity index (χ0v) is 24.5. The molecule has 0 aliphatic heterocycles. The first-order chi connectivity index (χ1) is 18.0. The largest absolute Gasteiger partial charge is 0.354 e. The second-order valence-electron chi connectivity index (χ2n) is 9.63. The summed E-state index contributed by atoms with van der Waals surface area (Å²) < 4.78 is 29.3. The van der Waals surface area contributed by atoms with Gasteiger partial charge >= 0.3 is 0 Å². The zero-order valence-electron chi connectivity index (χ0n) is 22.1. The molecule has 0 aromatic heterocycles. The van der Waals surface area contributed by atoms with E-state index >= 15 is 0 Å². The zero-order chi connectivity index (χ0) is 27.9. The molecule has 0 radical (unpaired) electrons. The van der Waals surface area contributed by atoms with Crippen molar-refractivity contribution in [3.8, 4) is 0 Å². The number of rotatable bonds is 11. The Labute approximate surface area is 234 Å². The van der Waals surface area contributed by atoms with Crippen molar-refractivity contribution in [2.24, 2.45) is 5.92 Å². The smallest absolute Gasteiger partial charge is 0.264 e. The van der Waals surface area contributed by atoms with Gasteiger partial charge in [0.25, 0.3) is 10.0 Å². The fourth-order valence-corrected chi connectivity index (χ4v) is 5.74. The molecule has 0 aliphatic rings. The van der Waals surface area contributed by atoms with Gasteiger partial charge in [0, 0.05) is 17.6 Å². The van der Waals surface area contributed by atoms with Gasteiger partial charge in [0.15, 0.2) is 0 Å². The highest BCUT2D eigenvalue weighted by Crippen LogP contribution is 2.27. The monoisotopic (exact) mass is 599 g/mol. The third-order valence-electron chi connectivity index (χ3n) is 5.99. The van der Waals surface area contributed by atoms with Crippen molar-refractivity contribution < 1.29 is 18.0 Å². The van der Waals surface area contributed by atoms with Crippen molar-refractivity contribution in [2.45, 2.75) is 45.2 Å². The lowest BCUT2D eigenvalue weighted by molar-refractivity contribution is -0.139. The molecule has 2 amide bonds. The Morgan fingerprint density at radius 2 is 1.61 bits per heavy atom. The first kappa shape index (κ1) is 29.4. The van der Waals surface area contributed by atoms with Gasteiger partial charge in [0.2, 0.25) is 11.8 Å². The fraction of sp³-hybridized carbons (Fsp3) is 0.310. The van der Waals surface area contributed by atoms with E-state index in [2.05, 4.69) is 21.2 Å². The maximum Gasteiger partial charge on any atom is 0.264 e. The van der Waals surface area contributed by atoms with E-state index in [1.54, 1.807) is 49.4 Å². The molecule has 0 saturated heterocycles. The number of carbonyl (C=O) groups excluding carboxylic acids is 2. The molecule has 0 bridgehead atoms. The summed E-state index contributed by atoms with van der Waals surface area (Å²) in [4.78, 5) is 28.4. The molecule has 9 heteroatoms. The Bertz CT molecular complexity index is 1360. The summed E-state index contributed by atoms with van der Waals surface area (Å²) in [6.45, 7) is 7.77. The van der Waals surface area contributed by atoms with E-state index < -0.39 is 28.5 Å².